The van der Waals surface area contributed by atoms with Gasteiger partial charge in [-0.3, -0.25) is 0 Å². The lowest BCUT2D eigenvalue weighted by Crippen LogP contribution is -2.49. The fraction of sp³-hybridized carbons (Fsp3) is 0.829. The normalized spacial score (nSPS) is 32.9. The number of fused-ring (bicyclic) bond motifs is 1. The summed E-state index contributed by atoms with van der Waals surface area (Å²) in [5, 5.41) is 0.348. The van der Waals surface area contributed by atoms with Crippen molar-refractivity contribution in [3.05, 3.63) is 35.5 Å². The first-order chi connectivity index (χ1) is 17.7. The second-order valence-corrected chi connectivity index (χ2v) is 26.3. The van der Waals surface area contributed by atoms with Crippen LogP contribution in [-0.4, -0.2) is 28.8 Å². The maximum Gasteiger partial charge on any atom is 0.192 e. The quantitative estimate of drug-likeness (QED) is 0.223. The standard InChI is InChI=1S/C35H64O2Si2/c1-15-25(2)29-20-21-30-28(17-16-22-35(29,30)10)19-18-27-23-31(36-38(11,12)33(4,5)6)26(3)32(24-27)37-39(13,14)34(7,8)9/h18-19,25,29-32H,3,15-17,20-24H2,1-2,4-14H3/b28-19+/t25-,29+,30?,31+,32+,35+/m0/s1. The summed E-state index contributed by atoms with van der Waals surface area (Å²) in [6.45, 7) is 35.7. The van der Waals surface area contributed by atoms with Crippen LogP contribution in [0.3, 0.4) is 0 Å². The molecule has 39 heavy (non-hydrogen) atoms. The molecule has 0 aromatic rings. The van der Waals surface area contributed by atoms with Crippen molar-refractivity contribution in [3.63, 3.8) is 0 Å². The average molecular weight is 573 g/mol. The number of rotatable bonds is 7. The SMILES string of the molecule is C=C1[C@H](O[Si](C)(C)C(C)(C)C)CC(=C/C=C2\CCC[C@@]3(C)C2CC[C@@H]3[C@@H](C)CC)C[C@H]1O[Si](C)(C)C(C)(C)C. The smallest absolute Gasteiger partial charge is 0.192 e. The number of hydrogen-bond acceptors (Lipinski definition) is 2. The summed E-state index contributed by atoms with van der Waals surface area (Å²) in [6, 6.07) is 0. The molecule has 0 aliphatic heterocycles. The second kappa shape index (κ2) is 11.7. The third kappa shape index (κ3) is 6.97. The molecule has 3 fully saturated rings. The maximum absolute atomic E-state index is 7.06. The first kappa shape index (κ1) is 33.1. The molecule has 0 radical (unpaired) electrons. The zero-order valence-electron chi connectivity index (χ0n) is 28.2. The van der Waals surface area contributed by atoms with Crippen molar-refractivity contribution in [1.29, 1.82) is 0 Å². The van der Waals surface area contributed by atoms with Gasteiger partial charge < -0.3 is 8.85 Å². The van der Waals surface area contributed by atoms with E-state index in [1.54, 1.807) is 5.57 Å². The van der Waals surface area contributed by atoms with E-state index >= 15 is 0 Å². The summed E-state index contributed by atoms with van der Waals surface area (Å²) < 4.78 is 14.1. The monoisotopic (exact) mass is 572 g/mol. The van der Waals surface area contributed by atoms with Crippen LogP contribution in [0, 0.1) is 23.2 Å². The lowest BCUT2D eigenvalue weighted by Gasteiger charge is -2.46. The molecule has 0 N–H and O–H groups in total. The minimum Gasteiger partial charge on any atom is -0.410 e. The van der Waals surface area contributed by atoms with Gasteiger partial charge in [0.25, 0.3) is 0 Å². The zero-order valence-corrected chi connectivity index (χ0v) is 30.2. The molecule has 0 aromatic heterocycles. The van der Waals surface area contributed by atoms with Crippen molar-refractivity contribution < 1.29 is 8.85 Å². The zero-order chi connectivity index (χ0) is 29.6. The molecule has 0 spiro atoms. The molecule has 0 aromatic carbocycles. The van der Waals surface area contributed by atoms with Crippen LogP contribution in [0.4, 0.5) is 0 Å². The summed E-state index contributed by atoms with van der Waals surface area (Å²) in [5.74, 6) is 2.48. The molecule has 0 heterocycles. The van der Waals surface area contributed by atoms with Crippen LogP contribution in [0.25, 0.3) is 0 Å². The van der Waals surface area contributed by atoms with Crippen LogP contribution in [0.15, 0.2) is 35.5 Å². The maximum atomic E-state index is 7.06. The van der Waals surface area contributed by atoms with Gasteiger partial charge in [0.05, 0.1) is 12.2 Å². The van der Waals surface area contributed by atoms with Crippen molar-refractivity contribution in [1.82, 2.24) is 0 Å². The topological polar surface area (TPSA) is 18.5 Å². The van der Waals surface area contributed by atoms with Crippen LogP contribution in [0.5, 0.6) is 0 Å². The summed E-state index contributed by atoms with van der Waals surface area (Å²) in [6.07, 6.45) is 15.2. The summed E-state index contributed by atoms with van der Waals surface area (Å²) in [4.78, 5) is 0. The molecule has 0 amide bonds. The van der Waals surface area contributed by atoms with Gasteiger partial charge in [0.2, 0.25) is 0 Å². The van der Waals surface area contributed by atoms with Gasteiger partial charge in [-0.25, -0.2) is 0 Å². The van der Waals surface area contributed by atoms with Crippen molar-refractivity contribution >= 4 is 16.6 Å². The molecule has 0 bridgehead atoms. The van der Waals surface area contributed by atoms with Gasteiger partial charge in [0.15, 0.2) is 16.6 Å². The summed E-state index contributed by atoms with van der Waals surface area (Å²) in [5.41, 5.74) is 4.87. The lowest BCUT2D eigenvalue weighted by molar-refractivity contribution is 0.0961. The van der Waals surface area contributed by atoms with E-state index in [9.17, 15) is 0 Å². The van der Waals surface area contributed by atoms with E-state index in [4.69, 9.17) is 8.85 Å². The van der Waals surface area contributed by atoms with Crippen LogP contribution in [0.2, 0.25) is 36.3 Å². The van der Waals surface area contributed by atoms with Crippen LogP contribution >= 0.6 is 0 Å². The first-order valence-corrected chi connectivity index (χ1v) is 22.0. The molecule has 3 aliphatic rings. The van der Waals surface area contributed by atoms with Gasteiger partial charge >= 0.3 is 0 Å². The summed E-state index contributed by atoms with van der Waals surface area (Å²) in [7, 11) is -3.88. The molecule has 3 aliphatic carbocycles. The van der Waals surface area contributed by atoms with Gasteiger partial charge in [-0.2, -0.15) is 0 Å². The van der Waals surface area contributed by atoms with E-state index in [1.165, 1.54) is 49.7 Å². The Labute approximate surface area is 245 Å². The Balaban J connectivity index is 1.92. The van der Waals surface area contributed by atoms with E-state index in [-0.39, 0.29) is 22.3 Å². The molecule has 6 atom stereocenters. The molecule has 3 saturated carbocycles. The van der Waals surface area contributed by atoms with Crippen LogP contribution < -0.4 is 0 Å². The van der Waals surface area contributed by atoms with Crippen LogP contribution in [-0.2, 0) is 8.85 Å². The minimum absolute atomic E-state index is 0.0527. The first-order valence-electron chi connectivity index (χ1n) is 16.2. The molecule has 2 nitrogen and oxygen atoms in total. The third-order valence-corrected chi connectivity index (χ3v) is 21.1. The van der Waals surface area contributed by atoms with Gasteiger partial charge in [0, 0.05) is 0 Å². The van der Waals surface area contributed by atoms with E-state index < -0.39 is 16.6 Å². The predicted octanol–water partition coefficient (Wildman–Crippen LogP) is 11.2. The molecular weight excluding hydrogens is 509 g/mol. The fourth-order valence-electron chi connectivity index (χ4n) is 7.19. The van der Waals surface area contributed by atoms with Crippen molar-refractivity contribution in [3.8, 4) is 0 Å². The summed E-state index contributed by atoms with van der Waals surface area (Å²) >= 11 is 0. The van der Waals surface area contributed by atoms with Crippen molar-refractivity contribution in [2.45, 2.75) is 162 Å². The highest BCUT2D eigenvalue weighted by molar-refractivity contribution is 6.74. The Hall–Kier alpha value is -0.426. The fourth-order valence-corrected chi connectivity index (χ4v) is 9.79. The van der Waals surface area contributed by atoms with E-state index in [0.29, 0.717) is 5.41 Å². The average Bonchev–Trinajstić information content (AvgIpc) is 3.15. The molecule has 4 heteroatoms. The van der Waals surface area contributed by atoms with Gasteiger partial charge in [-0.1, -0.05) is 98.6 Å². The largest absolute Gasteiger partial charge is 0.410 e. The predicted molar refractivity (Wildman–Crippen MR) is 176 cm³/mol. The Morgan fingerprint density at radius 1 is 0.923 bits per heavy atom. The van der Waals surface area contributed by atoms with E-state index in [0.717, 1.165) is 30.6 Å². The van der Waals surface area contributed by atoms with E-state index in [2.05, 4.69) is 107 Å². The highest BCUT2D eigenvalue weighted by Gasteiger charge is 2.50. The van der Waals surface area contributed by atoms with Crippen molar-refractivity contribution in [2.75, 3.05) is 0 Å². The second-order valence-electron chi connectivity index (χ2n) is 16.8. The lowest BCUT2D eigenvalue weighted by atomic mass is 9.61. The minimum atomic E-state index is -1.94. The Kier molecular flexibility index (Phi) is 9.91. The highest BCUT2D eigenvalue weighted by Crippen LogP contribution is 2.59. The Bertz CT molecular complexity index is 903. The Morgan fingerprint density at radius 2 is 1.44 bits per heavy atom. The van der Waals surface area contributed by atoms with Crippen molar-refractivity contribution in [2.24, 2.45) is 23.2 Å². The highest BCUT2D eigenvalue weighted by atomic mass is 28.4. The van der Waals surface area contributed by atoms with Crippen LogP contribution in [0.1, 0.15) is 114 Å². The molecular formula is C35H64O2Si2. The van der Waals surface area contributed by atoms with Gasteiger partial charge in [0.1, 0.15) is 0 Å². The Morgan fingerprint density at radius 3 is 1.90 bits per heavy atom. The molecule has 0 saturated heterocycles. The van der Waals surface area contributed by atoms with E-state index in [1.807, 2.05) is 0 Å². The van der Waals surface area contributed by atoms with Gasteiger partial charge in [-0.15, -0.1) is 0 Å². The molecule has 3 rings (SSSR count). The number of hydrogen-bond donors (Lipinski definition) is 0. The molecule has 224 valence electrons. The third-order valence-electron chi connectivity index (χ3n) is 12.1. The van der Waals surface area contributed by atoms with Gasteiger partial charge in [-0.05, 0) is 110 Å². The number of allylic oxidation sites excluding steroid dienone is 3. The molecule has 1 unspecified atom stereocenters.